The molecule has 0 saturated heterocycles. The zero-order chi connectivity index (χ0) is 10.5. The summed E-state index contributed by atoms with van der Waals surface area (Å²) in [5.74, 6) is -5.34. The number of allylic oxidation sites excluding steroid dienone is 2. The van der Waals surface area contributed by atoms with Crippen molar-refractivity contribution in [3.63, 3.8) is 0 Å². The van der Waals surface area contributed by atoms with E-state index in [-0.39, 0.29) is 0 Å². The van der Waals surface area contributed by atoms with E-state index in [1.54, 1.807) is 6.08 Å². The Morgan fingerprint density at radius 3 is 2.29 bits per heavy atom. The molecule has 14 heavy (non-hydrogen) atoms. The molecule has 1 fully saturated rings. The standard InChI is InChI=1S/C9H9F3O2/c10-9(11,12)7-5-2-1-4(3-5)6(7)8(13)14/h1-2,4-7H,3H2,(H,13,14). The van der Waals surface area contributed by atoms with E-state index in [0.29, 0.717) is 6.42 Å². The van der Waals surface area contributed by atoms with Crippen LogP contribution in [0, 0.1) is 23.7 Å². The van der Waals surface area contributed by atoms with Crippen LogP contribution in [0.2, 0.25) is 0 Å². The van der Waals surface area contributed by atoms with Crippen LogP contribution in [0.5, 0.6) is 0 Å². The van der Waals surface area contributed by atoms with Crippen molar-refractivity contribution in [1.82, 2.24) is 0 Å². The highest BCUT2D eigenvalue weighted by Crippen LogP contribution is 2.54. The van der Waals surface area contributed by atoms with E-state index in [1.165, 1.54) is 6.08 Å². The van der Waals surface area contributed by atoms with Crippen LogP contribution in [0.15, 0.2) is 12.2 Å². The Morgan fingerprint density at radius 2 is 1.86 bits per heavy atom. The van der Waals surface area contributed by atoms with Crippen LogP contribution in [0.3, 0.4) is 0 Å². The van der Waals surface area contributed by atoms with Crippen molar-refractivity contribution in [1.29, 1.82) is 0 Å². The van der Waals surface area contributed by atoms with Crippen LogP contribution in [0.4, 0.5) is 13.2 Å². The highest BCUT2D eigenvalue weighted by Gasteiger charge is 2.59. The molecule has 0 aromatic heterocycles. The van der Waals surface area contributed by atoms with Crippen molar-refractivity contribution in [2.24, 2.45) is 23.7 Å². The average Bonchev–Trinajstić information content (AvgIpc) is 2.58. The maximum absolute atomic E-state index is 12.5. The number of carboxylic acids is 1. The van der Waals surface area contributed by atoms with Gasteiger partial charge in [-0.25, -0.2) is 0 Å². The second-order valence-electron chi connectivity index (χ2n) is 3.88. The van der Waals surface area contributed by atoms with Gasteiger partial charge >= 0.3 is 12.1 Å². The molecule has 2 nitrogen and oxygen atoms in total. The molecule has 0 aromatic carbocycles. The lowest BCUT2D eigenvalue weighted by molar-refractivity contribution is -0.199. The maximum Gasteiger partial charge on any atom is 0.393 e. The molecule has 2 bridgehead atoms. The topological polar surface area (TPSA) is 37.3 Å². The molecule has 1 saturated carbocycles. The lowest BCUT2D eigenvalue weighted by atomic mass is 9.82. The van der Waals surface area contributed by atoms with Gasteiger partial charge in [0.05, 0.1) is 11.8 Å². The van der Waals surface area contributed by atoms with Gasteiger partial charge in [0.25, 0.3) is 0 Å². The Labute approximate surface area is 78.4 Å². The average molecular weight is 206 g/mol. The summed E-state index contributed by atoms with van der Waals surface area (Å²) in [7, 11) is 0. The number of hydrogen-bond acceptors (Lipinski definition) is 1. The van der Waals surface area contributed by atoms with Crippen molar-refractivity contribution in [2.45, 2.75) is 12.6 Å². The molecular weight excluding hydrogens is 197 g/mol. The molecule has 0 heterocycles. The van der Waals surface area contributed by atoms with Gasteiger partial charge in [-0.2, -0.15) is 13.2 Å². The first-order chi connectivity index (χ1) is 6.41. The first-order valence-electron chi connectivity index (χ1n) is 4.39. The third kappa shape index (κ3) is 1.22. The van der Waals surface area contributed by atoms with Crippen LogP contribution in [-0.2, 0) is 4.79 Å². The van der Waals surface area contributed by atoms with Crippen LogP contribution >= 0.6 is 0 Å². The first kappa shape index (κ1) is 9.55. The van der Waals surface area contributed by atoms with Crippen LogP contribution in [0.1, 0.15) is 6.42 Å². The summed E-state index contributed by atoms with van der Waals surface area (Å²) in [5, 5.41) is 8.74. The van der Waals surface area contributed by atoms with Crippen molar-refractivity contribution in [3.8, 4) is 0 Å². The fourth-order valence-electron chi connectivity index (χ4n) is 2.61. The molecule has 0 aliphatic heterocycles. The summed E-state index contributed by atoms with van der Waals surface area (Å²) in [4.78, 5) is 10.7. The lowest BCUT2D eigenvalue weighted by Gasteiger charge is -2.26. The molecule has 2 rings (SSSR count). The van der Waals surface area contributed by atoms with Gasteiger partial charge in [-0.05, 0) is 18.3 Å². The predicted molar refractivity (Wildman–Crippen MR) is 41.4 cm³/mol. The van der Waals surface area contributed by atoms with E-state index < -0.39 is 35.8 Å². The molecule has 5 heteroatoms. The Morgan fingerprint density at radius 1 is 1.29 bits per heavy atom. The van der Waals surface area contributed by atoms with Crippen molar-refractivity contribution in [3.05, 3.63) is 12.2 Å². The van der Waals surface area contributed by atoms with E-state index in [4.69, 9.17) is 5.11 Å². The highest BCUT2D eigenvalue weighted by atomic mass is 19.4. The summed E-state index contributed by atoms with van der Waals surface area (Å²) in [5.41, 5.74) is 0. The zero-order valence-electron chi connectivity index (χ0n) is 7.16. The summed E-state index contributed by atoms with van der Waals surface area (Å²) in [6, 6.07) is 0. The van der Waals surface area contributed by atoms with E-state index in [0.717, 1.165) is 0 Å². The summed E-state index contributed by atoms with van der Waals surface area (Å²) in [6.07, 6.45) is -0.956. The lowest BCUT2D eigenvalue weighted by Crippen LogP contribution is -2.37. The smallest absolute Gasteiger partial charge is 0.393 e. The molecule has 4 unspecified atom stereocenters. The van der Waals surface area contributed by atoms with Gasteiger partial charge in [-0.15, -0.1) is 0 Å². The highest BCUT2D eigenvalue weighted by molar-refractivity contribution is 5.72. The van der Waals surface area contributed by atoms with Gasteiger partial charge in [0.1, 0.15) is 0 Å². The van der Waals surface area contributed by atoms with E-state index >= 15 is 0 Å². The largest absolute Gasteiger partial charge is 0.481 e. The van der Waals surface area contributed by atoms with Crippen molar-refractivity contribution >= 4 is 5.97 Å². The van der Waals surface area contributed by atoms with Gasteiger partial charge in [0.2, 0.25) is 0 Å². The third-order valence-electron chi connectivity index (χ3n) is 3.12. The quantitative estimate of drug-likeness (QED) is 0.667. The number of rotatable bonds is 1. The van der Waals surface area contributed by atoms with Crippen molar-refractivity contribution in [2.75, 3.05) is 0 Å². The molecule has 78 valence electrons. The minimum atomic E-state index is -4.40. The van der Waals surface area contributed by atoms with Gasteiger partial charge in [0.15, 0.2) is 0 Å². The summed E-state index contributed by atoms with van der Waals surface area (Å²) >= 11 is 0. The SMILES string of the molecule is O=C(O)C1C2C=CC(C2)C1C(F)(F)F. The van der Waals surface area contributed by atoms with Gasteiger partial charge in [-0.1, -0.05) is 12.2 Å². The molecule has 2 aliphatic carbocycles. The number of carboxylic acid groups (broad SMARTS) is 1. The third-order valence-corrected chi connectivity index (χ3v) is 3.12. The van der Waals surface area contributed by atoms with Crippen LogP contribution in [-0.4, -0.2) is 17.3 Å². The molecule has 4 atom stereocenters. The molecular formula is C9H9F3O2. The Bertz CT molecular complexity index is 295. The van der Waals surface area contributed by atoms with Gasteiger partial charge in [-0.3, -0.25) is 4.79 Å². The molecule has 1 N–H and O–H groups in total. The van der Waals surface area contributed by atoms with Crippen molar-refractivity contribution < 1.29 is 23.1 Å². The Hall–Kier alpha value is -1.00. The van der Waals surface area contributed by atoms with Gasteiger partial charge < -0.3 is 5.11 Å². The number of halogens is 3. The molecule has 0 spiro atoms. The monoisotopic (exact) mass is 206 g/mol. The number of fused-ring (bicyclic) bond motifs is 2. The second kappa shape index (κ2) is 2.74. The number of carbonyl (C=O) groups is 1. The minimum absolute atomic E-state index is 0.334. The molecule has 2 aliphatic rings. The minimum Gasteiger partial charge on any atom is -0.481 e. The second-order valence-corrected chi connectivity index (χ2v) is 3.88. The van der Waals surface area contributed by atoms with Crippen LogP contribution in [0.25, 0.3) is 0 Å². The Balaban J connectivity index is 2.31. The Kier molecular flexibility index (Phi) is 1.87. The predicted octanol–water partition coefficient (Wildman–Crippen LogP) is 2.07. The fourth-order valence-corrected chi connectivity index (χ4v) is 2.61. The van der Waals surface area contributed by atoms with E-state index in [9.17, 15) is 18.0 Å². The zero-order valence-corrected chi connectivity index (χ0v) is 7.16. The summed E-state index contributed by atoms with van der Waals surface area (Å²) in [6.45, 7) is 0. The molecule has 0 amide bonds. The number of alkyl halides is 3. The molecule has 0 aromatic rings. The normalized spacial score (nSPS) is 40.5. The van der Waals surface area contributed by atoms with Gasteiger partial charge in [0, 0.05) is 0 Å². The fraction of sp³-hybridized carbons (Fsp3) is 0.667. The first-order valence-corrected chi connectivity index (χ1v) is 4.39. The number of aliphatic carboxylic acids is 1. The molecule has 0 radical (unpaired) electrons. The number of hydrogen-bond donors (Lipinski definition) is 1. The maximum atomic E-state index is 12.5. The van der Waals surface area contributed by atoms with E-state index in [2.05, 4.69) is 0 Å². The van der Waals surface area contributed by atoms with E-state index in [1.807, 2.05) is 0 Å². The van der Waals surface area contributed by atoms with Crippen LogP contribution < -0.4 is 0 Å². The summed E-state index contributed by atoms with van der Waals surface area (Å²) < 4.78 is 37.6.